The van der Waals surface area contributed by atoms with Gasteiger partial charge < -0.3 is 0 Å². The number of nitrogens with zero attached hydrogens (tertiary/aromatic N) is 1. The zero-order valence-electron chi connectivity index (χ0n) is 10.0. The van der Waals surface area contributed by atoms with Gasteiger partial charge in [-0.2, -0.15) is 0 Å². The van der Waals surface area contributed by atoms with E-state index in [4.69, 9.17) is 0 Å². The summed E-state index contributed by atoms with van der Waals surface area (Å²) in [5.41, 5.74) is 1.51. The normalized spacial score (nSPS) is 14.9. The van der Waals surface area contributed by atoms with E-state index in [1.54, 1.807) is 11.3 Å². The molecule has 1 rings (SSSR count). The second-order valence-corrected chi connectivity index (χ2v) is 5.18. The molecular weight excluding hydrogens is 202 g/mol. The highest BCUT2D eigenvalue weighted by atomic mass is 32.1. The minimum atomic E-state index is 0.258. The van der Waals surface area contributed by atoms with E-state index in [0.717, 1.165) is 11.4 Å². The van der Waals surface area contributed by atoms with Crippen LogP contribution in [0.3, 0.4) is 0 Å². The fourth-order valence-corrected chi connectivity index (χ4v) is 2.53. The van der Waals surface area contributed by atoms with Crippen LogP contribution in [0, 0.1) is 0 Å². The lowest BCUT2D eigenvalue weighted by atomic mass is 9.80. The Balaban J connectivity index is 2.84. The number of hydrogen-bond acceptors (Lipinski definition) is 2. The second kappa shape index (κ2) is 5.45. The molecule has 0 aromatic carbocycles. The van der Waals surface area contributed by atoms with E-state index in [1.165, 1.54) is 25.0 Å². The molecule has 1 unspecified atom stereocenters. The average Bonchev–Trinajstić information content (AvgIpc) is 2.75. The van der Waals surface area contributed by atoms with Crippen LogP contribution in [0.15, 0.2) is 12.0 Å². The largest absolute Gasteiger partial charge is 0.241 e. The van der Waals surface area contributed by atoms with Gasteiger partial charge in [-0.3, -0.25) is 0 Å². The van der Waals surface area contributed by atoms with Gasteiger partial charge in [0.15, 0.2) is 0 Å². The van der Waals surface area contributed by atoms with Crippen LogP contribution < -0.4 is 0 Å². The summed E-state index contributed by atoms with van der Waals surface area (Å²) in [7, 11) is 0. The van der Waals surface area contributed by atoms with E-state index in [-0.39, 0.29) is 5.41 Å². The fourth-order valence-electron chi connectivity index (χ4n) is 1.71. The van der Waals surface area contributed by atoms with Crippen molar-refractivity contribution in [3.8, 4) is 0 Å². The molecule has 84 valence electrons. The lowest BCUT2D eigenvalue weighted by Crippen LogP contribution is -2.21. The molecule has 1 heterocycles. The van der Waals surface area contributed by atoms with Gasteiger partial charge in [-0.05, 0) is 18.9 Å². The van der Waals surface area contributed by atoms with Gasteiger partial charge in [-0.25, -0.2) is 4.98 Å². The average molecular weight is 223 g/mol. The molecule has 0 aliphatic rings. The summed E-state index contributed by atoms with van der Waals surface area (Å²) < 4.78 is 0. The van der Waals surface area contributed by atoms with Gasteiger partial charge in [0.05, 0.1) is 5.69 Å². The molecular formula is C13H21NS. The van der Waals surface area contributed by atoms with E-state index in [1.807, 2.05) is 6.08 Å². The number of rotatable bonds is 6. The maximum atomic E-state index is 4.63. The predicted octanol–water partition coefficient (Wildman–Crippen LogP) is 4.64. The van der Waals surface area contributed by atoms with Crippen LogP contribution in [-0.4, -0.2) is 4.98 Å². The lowest BCUT2D eigenvalue weighted by Gasteiger charge is -2.26. The minimum Gasteiger partial charge on any atom is -0.241 e. The van der Waals surface area contributed by atoms with Crippen molar-refractivity contribution >= 4 is 17.4 Å². The van der Waals surface area contributed by atoms with Crippen molar-refractivity contribution < 1.29 is 0 Å². The van der Waals surface area contributed by atoms with Crippen LogP contribution in [-0.2, 0) is 5.41 Å². The van der Waals surface area contributed by atoms with Crippen molar-refractivity contribution in [2.45, 2.75) is 51.9 Å². The summed E-state index contributed by atoms with van der Waals surface area (Å²) in [6.07, 6.45) is 6.77. The molecule has 1 aromatic heterocycles. The summed E-state index contributed by atoms with van der Waals surface area (Å²) in [6, 6.07) is 0. The minimum absolute atomic E-state index is 0.258. The van der Waals surface area contributed by atoms with Crippen molar-refractivity contribution in [2.24, 2.45) is 0 Å². The molecule has 0 saturated carbocycles. The number of unbranched alkanes of at least 4 members (excludes halogenated alkanes) is 1. The third-order valence-corrected chi connectivity index (χ3v) is 4.02. The van der Waals surface area contributed by atoms with E-state index in [0.29, 0.717) is 0 Å². The van der Waals surface area contributed by atoms with Crippen LogP contribution in [0.4, 0.5) is 0 Å². The summed E-state index contributed by atoms with van der Waals surface area (Å²) in [5, 5.41) is 3.23. The monoisotopic (exact) mass is 223 g/mol. The van der Waals surface area contributed by atoms with Gasteiger partial charge in [0.25, 0.3) is 0 Å². The molecule has 0 aliphatic heterocycles. The first-order chi connectivity index (χ1) is 7.16. The molecule has 0 fully saturated rings. The Bertz CT molecular complexity index is 316. The Morgan fingerprint density at radius 2 is 2.27 bits per heavy atom. The van der Waals surface area contributed by atoms with E-state index < -0.39 is 0 Å². The van der Waals surface area contributed by atoms with Gasteiger partial charge >= 0.3 is 0 Å². The topological polar surface area (TPSA) is 12.9 Å². The quantitative estimate of drug-likeness (QED) is 0.684. The SMILES string of the molecule is C=Cc1nc(C(C)(CC)CCCC)cs1. The van der Waals surface area contributed by atoms with Crippen LogP contribution in [0.2, 0.25) is 0 Å². The van der Waals surface area contributed by atoms with E-state index in [9.17, 15) is 0 Å². The Hall–Kier alpha value is -0.630. The van der Waals surface area contributed by atoms with Gasteiger partial charge in [0, 0.05) is 10.8 Å². The third-order valence-electron chi connectivity index (χ3n) is 3.18. The van der Waals surface area contributed by atoms with Crippen LogP contribution in [0.1, 0.15) is 57.2 Å². The molecule has 1 nitrogen and oxygen atoms in total. The highest BCUT2D eigenvalue weighted by Crippen LogP contribution is 2.33. The molecule has 0 radical (unpaired) electrons. The van der Waals surface area contributed by atoms with Crippen molar-refractivity contribution in [3.05, 3.63) is 22.7 Å². The smallest absolute Gasteiger partial charge is 0.115 e. The molecule has 15 heavy (non-hydrogen) atoms. The molecule has 1 aromatic rings. The predicted molar refractivity (Wildman–Crippen MR) is 69.4 cm³/mol. The Kier molecular flexibility index (Phi) is 4.52. The highest BCUT2D eigenvalue weighted by molar-refractivity contribution is 7.10. The lowest BCUT2D eigenvalue weighted by molar-refractivity contribution is 0.394. The van der Waals surface area contributed by atoms with Gasteiger partial charge in [-0.15, -0.1) is 11.3 Å². The Morgan fingerprint density at radius 1 is 1.53 bits per heavy atom. The maximum Gasteiger partial charge on any atom is 0.115 e. The van der Waals surface area contributed by atoms with Crippen LogP contribution in [0.5, 0.6) is 0 Å². The first-order valence-corrected chi connectivity index (χ1v) is 6.62. The molecule has 0 aliphatic carbocycles. The molecule has 0 saturated heterocycles. The second-order valence-electron chi connectivity index (χ2n) is 4.29. The summed E-state index contributed by atoms with van der Waals surface area (Å²) in [6.45, 7) is 10.6. The first kappa shape index (κ1) is 12.4. The van der Waals surface area contributed by atoms with E-state index in [2.05, 4.69) is 37.7 Å². The van der Waals surface area contributed by atoms with Crippen molar-refractivity contribution in [1.82, 2.24) is 4.98 Å². The van der Waals surface area contributed by atoms with Crippen LogP contribution in [0.25, 0.3) is 6.08 Å². The first-order valence-electron chi connectivity index (χ1n) is 5.74. The van der Waals surface area contributed by atoms with Crippen molar-refractivity contribution in [3.63, 3.8) is 0 Å². The van der Waals surface area contributed by atoms with E-state index >= 15 is 0 Å². The van der Waals surface area contributed by atoms with Gasteiger partial charge in [0.1, 0.15) is 5.01 Å². The highest BCUT2D eigenvalue weighted by Gasteiger charge is 2.26. The Morgan fingerprint density at radius 3 is 2.73 bits per heavy atom. The molecule has 0 bridgehead atoms. The molecule has 2 heteroatoms. The van der Waals surface area contributed by atoms with Gasteiger partial charge in [0.2, 0.25) is 0 Å². The summed E-state index contributed by atoms with van der Waals surface area (Å²) >= 11 is 1.70. The number of thiazole rings is 1. The summed E-state index contributed by atoms with van der Waals surface area (Å²) in [5.74, 6) is 0. The van der Waals surface area contributed by atoms with Gasteiger partial charge in [-0.1, -0.05) is 40.2 Å². The standard InChI is InChI=1S/C13H21NS/c1-5-8-9-13(4,7-3)11-10-15-12(6-2)14-11/h6,10H,2,5,7-9H2,1,3-4H3. The Labute approximate surface area is 97.3 Å². The zero-order valence-corrected chi connectivity index (χ0v) is 10.9. The summed E-state index contributed by atoms with van der Waals surface area (Å²) in [4.78, 5) is 4.63. The molecule has 1 atom stereocenters. The third kappa shape index (κ3) is 2.91. The number of aromatic nitrogens is 1. The fraction of sp³-hybridized carbons (Fsp3) is 0.615. The molecule has 0 N–H and O–H groups in total. The molecule has 0 spiro atoms. The van der Waals surface area contributed by atoms with Crippen LogP contribution >= 0.6 is 11.3 Å². The zero-order chi connectivity index (χ0) is 11.3. The number of hydrogen-bond donors (Lipinski definition) is 0. The maximum absolute atomic E-state index is 4.63. The van der Waals surface area contributed by atoms with Crippen molar-refractivity contribution in [1.29, 1.82) is 0 Å². The molecule has 0 amide bonds. The van der Waals surface area contributed by atoms with Crippen molar-refractivity contribution in [2.75, 3.05) is 0 Å².